The first kappa shape index (κ1) is 9.06. The molecular formula is C11H12NO2-. The van der Waals surface area contributed by atoms with Gasteiger partial charge in [0.25, 0.3) is 0 Å². The summed E-state index contributed by atoms with van der Waals surface area (Å²) >= 11 is 0. The SMILES string of the molecule is O=C([O-])c1cccc(N2CCCC2)c1. The summed E-state index contributed by atoms with van der Waals surface area (Å²) < 4.78 is 0. The van der Waals surface area contributed by atoms with Crippen LogP contribution in [-0.4, -0.2) is 19.1 Å². The Labute approximate surface area is 83.0 Å². The molecule has 0 N–H and O–H groups in total. The Hall–Kier alpha value is -1.51. The predicted octanol–water partition coefficient (Wildman–Crippen LogP) is 0.650. The number of nitrogens with zero attached hydrogens (tertiary/aromatic N) is 1. The Morgan fingerprint density at radius 2 is 2.00 bits per heavy atom. The second kappa shape index (κ2) is 3.70. The fourth-order valence-electron chi connectivity index (χ4n) is 1.80. The van der Waals surface area contributed by atoms with E-state index in [2.05, 4.69) is 4.90 Å². The Morgan fingerprint density at radius 3 is 2.64 bits per heavy atom. The number of anilines is 1. The highest BCUT2D eigenvalue weighted by atomic mass is 16.4. The van der Waals surface area contributed by atoms with E-state index in [0.29, 0.717) is 0 Å². The fraction of sp³-hybridized carbons (Fsp3) is 0.364. The van der Waals surface area contributed by atoms with E-state index in [0.717, 1.165) is 18.8 Å². The van der Waals surface area contributed by atoms with E-state index in [1.807, 2.05) is 6.07 Å². The van der Waals surface area contributed by atoms with Gasteiger partial charge in [-0.15, -0.1) is 0 Å². The molecule has 0 spiro atoms. The highest BCUT2D eigenvalue weighted by molar-refractivity contribution is 5.87. The van der Waals surface area contributed by atoms with Crippen molar-refractivity contribution >= 4 is 11.7 Å². The van der Waals surface area contributed by atoms with E-state index in [-0.39, 0.29) is 5.56 Å². The van der Waals surface area contributed by atoms with Gasteiger partial charge in [-0.2, -0.15) is 0 Å². The highest BCUT2D eigenvalue weighted by Crippen LogP contribution is 2.20. The van der Waals surface area contributed by atoms with Gasteiger partial charge in [-0.3, -0.25) is 0 Å². The van der Waals surface area contributed by atoms with Crippen LogP contribution in [-0.2, 0) is 0 Å². The van der Waals surface area contributed by atoms with Gasteiger partial charge < -0.3 is 14.8 Å². The monoisotopic (exact) mass is 190 g/mol. The molecule has 1 fully saturated rings. The first-order chi connectivity index (χ1) is 6.77. The molecule has 3 nitrogen and oxygen atoms in total. The normalized spacial score (nSPS) is 15.9. The van der Waals surface area contributed by atoms with E-state index in [9.17, 15) is 9.90 Å². The van der Waals surface area contributed by atoms with Gasteiger partial charge >= 0.3 is 0 Å². The topological polar surface area (TPSA) is 43.4 Å². The molecule has 1 saturated heterocycles. The molecule has 1 heterocycles. The molecule has 2 rings (SSSR count). The van der Waals surface area contributed by atoms with E-state index >= 15 is 0 Å². The Kier molecular flexibility index (Phi) is 2.39. The van der Waals surface area contributed by atoms with Crippen LogP contribution in [0.5, 0.6) is 0 Å². The zero-order chi connectivity index (χ0) is 9.97. The first-order valence-corrected chi connectivity index (χ1v) is 4.84. The summed E-state index contributed by atoms with van der Waals surface area (Å²) in [5.41, 5.74) is 1.25. The number of rotatable bonds is 2. The second-order valence-electron chi connectivity index (χ2n) is 3.53. The Morgan fingerprint density at radius 1 is 1.29 bits per heavy atom. The minimum absolute atomic E-state index is 0.259. The minimum Gasteiger partial charge on any atom is -0.545 e. The van der Waals surface area contributed by atoms with Crippen molar-refractivity contribution in [3.8, 4) is 0 Å². The summed E-state index contributed by atoms with van der Waals surface area (Å²) in [6, 6.07) is 6.95. The maximum absolute atomic E-state index is 10.6. The Balaban J connectivity index is 2.25. The summed E-state index contributed by atoms with van der Waals surface area (Å²) in [6.07, 6.45) is 2.38. The van der Waals surface area contributed by atoms with Crippen LogP contribution >= 0.6 is 0 Å². The van der Waals surface area contributed by atoms with Crippen LogP contribution in [0.15, 0.2) is 24.3 Å². The maximum atomic E-state index is 10.6. The average Bonchev–Trinajstić information content (AvgIpc) is 2.71. The molecule has 14 heavy (non-hydrogen) atoms. The third-order valence-corrected chi connectivity index (χ3v) is 2.55. The number of hydrogen-bond acceptors (Lipinski definition) is 3. The number of carbonyl (C=O) groups is 1. The van der Waals surface area contributed by atoms with E-state index in [1.165, 1.54) is 12.8 Å². The summed E-state index contributed by atoms with van der Waals surface area (Å²) in [5, 5.41) is 10.6. The van der Waals surface area contributed by atoms with Crippen LogP contribution in [0.2, 0.25) is 0 Å². The van der Waals surface area contributed by atoms with Crippen molar-refractivity contribution < 1.29 is 9.90 Å². The smallest absolute Gasteiger partial charge is 0.0716 e. The highest BCUT2D eigenvalue weighted by Gasteiger charge is 2.12. The van der Waals surface area contributed by atoms with Crippen molar-refractivity contribution in [2.75, 3.05) is 18.0 Å². The lowest BCUT2D eigenvalue weighted by Crippen LogP contribution is -2.23. The molecule has 1 aromatic rings. The average molecular weight is 190 g/mol. The van der Waals surface area contributed by atoms with Gasteiger partial charge in [0.2, 0.25) is 0 Å². The van der Waals surface area contributed by atoms with Crippen molar-refractivity contribution in [3.05, 3.63) is 29.8 Å². The minimum atomic E-state index is -1.11. The molecule has 0 saturated carbocycles. The van der Waals surface area contributed by atoms with Crippen molar-refractivity contribution in [3.63, 3.8) is 0 Å². The molecule has 3 heteroatoms. The third kappa shape index (κ3) is 1.71. The summed E-state index contributed by atoms with van der Waals surface area (Å²) in [5.74, 6) is -1.11. The molecule has 0 aromatic heterocycles. The van der Waals surface area contributed by atoms with Gasteiger partial charge in [0.05, 0.1) is 5.97 Å². The first-order valence-electron chi connectivity index (χ1n) is 4.84. The third-order valence-electron chi connectivity index (χ3n) is 2.55. The molecule has 1 aromatic carbocycles. The van der Waals surface area contributed by atoms with Crippen LogP contribution in [0.25, 0.3) is 0 Å². The van der Waals surface area contributed by atoms with Crippen molar-refractivity contribution in [1.82, 2.24) is 0 Å². The van der Waals surface area contributed by atoms with Crippen LogP contribution in [0.4, 0.5) is 5.69 Å². The van der Waals surface area contributed by atoms with Crippen LogP contribution < -0.4 is 10.0 Å². The number of hydrogen-bond donors (Lipinski definition) is 0. The molecule has 0 bridgehead atoms. The van der Waals surface area contributed by atoms with Crippen LogP contribution in [0, 0.1) is 0 Å². The summed E-state index contributed by atoms with van der Waals surface area (Å²) in [4.78, 5) is 12.8. The second-order valence-corrected chi connectivity index (χ2v) is 3.53. The maximum Gasteiger partial charge on any atom is 0.0716 e. The van der Waals surface area contributed by atoms with Crippen molar-refractivity contribution in [2.24, 2.45) is 0 Å². The van der Waals surface area contributed by atoms with Gasteiger partial charge in [0, 0.05) is 18.8 Å². The molecule has 0 unspecified atom stereocenters. The standard InChI is InChI=1S/C11H13NO2/c13-11(14)9-4-3-5-10(8-9)12-6-1-2-7-12/h3-5,8H,1-2,6-7H2,(H,13,14)/p-1. The Bertz CT molecular complexity index is 343. The van der Waals surface area contributed by atoms with Crippen LogP contribution in [0.3, 0.4) is 0 Å². The van der Waals surface area contributed by atoms with Crippen molar-refractivity contribution in [1.29, 1.82) is 0 Å². The van der Waals surface area contributed by atoms with Gasteiger partial charge in [-0.1, -0.05) is 12.1 Å². The number of carboxylic acids is 1. The van der Waals surface area contributed by atoms with Crippen molar-refractivity contribution in [2.45, 2.75) is 12.8 Å². The summed E-state index contributed by atoms with van der Waals surface area (Å²) in [7, 11) is 0. The largest absolute Gasteiger partial charge is 0.545 e. The van der Waals surface area contributed by atoms with E-state index in [1.54, 1.807) is 18.2 Å². The van der Waals surface area contributed by atoms with Gasteiger partial charge in [-0.25, -0.2) is 0 Å². The van der Waals surface area contributed by atoms with Crippen LogP contribution in [0.1, 0.15) is 23.2 Å². The van der Waals surface area contributed by atoms with E-state index in [4.69, 9.17) is 0 Å². The number of aromatic carboxylic acids is 1. The van der Waals surface area contributed by atoms with Gasteiger partial charge in [-0.05, 0) is 30.5 Å². The zero-order valence-electron chi connectivity index (χ0n) is 7.90. The molecular weight excluding hydrogens is 178 g/mol. The number of carboxylic acid groups (broad SMARTS) is 1. The fourth-order valence-corrected chi connectivity index (χ4v) is 1.80. The van der Waals surface area contributed by atoms with Gasteiger partial charge in [0.15, 0.2) is 0 Å². The predicted molar refractivity (Wildman–Crippen MR) is 52.2 cm³/mol. The molecule has 0 aliphatic carbocycles. The quantitative estimate of drug-likeness (QED) is 0.687. The lowest BCUT2D eigenvalue weighted by atomic mass is 10.2. The zero-order valence-corrected chi connectivity index (χ0v) is 7.90. The molecule has 0 atom stereocenters. The molecule has 1 aliphatic heterocycles. The number of benzene rings is 1. The molecule has 0 radical (unpaired) electrons. The molecule has 1 aliphatic rings. The van der Waals surface area contributed by atoms with E-state index < -0.39 is 5.97 Å². The summed E-state index contributed by atoms with van der Waals surface area (Å²) in [6.45, 7) is 2.05. The van der Waals surface area contributed by atoms with Gasteiger partial charge in [0.1, 0.15) is 0 Å². The lowest BCUT2D eigenvalue weighted by Gasteiger charge is -2.18. The molecule has 74 valence electrons. The lowest BCUT2D eigenvalue weighted by molar-refractivity contribution is -0.255. The molecule has 0 amide bonds. The number of carbonyl (C=O) groups excluding carboxylic acids is 1.